The van der Waals surface area contributed by atoms with Crippen LogP contribution in [0.15, 0.2) is 34.5 Å². The van der Waals surface area contributed by atoms with Gasteiger partial charge in [0.15, 0.2) is 0 Å². The summed E-state index contributed by atoms with van der Waals surface area (Å²) in [7, 11) is -2.43. The highest BCUT2D eigenvalue weighted by Gasteiger charge is 2.33. The molecule has 1 aromatic heterocycles. The van der Waals surface area contributed by atoms with Crippen LogP contribution in [0.25, 0.3) is 0 Å². The van der Waals surface area contributed by atoms with Crippen molar-refractivity contribution in [2.24, 2.45) is 0 Å². The van der Waals surface area contributed by atoms with Crippen LogP contribution in [0, 0.1) is 0 Å². The molecule has 1 aromatic carbocycles. The Kier molecular flexibility index (Phi) is 6.87. The molecule has 3 rings (SSSR count). The quantitative estimate of drug-likeness (QED) is 0.662. The number of carbonyl (C=O) groups excluding carboxylic acids is 1. The van der Waals surface area contributed by atoms with Gasteiger partial charge in [0.1, 0.15) is 4.21 Å². The summed E-state index contributed by atoms with van der Waals surface area (Å²) in [6, 6.07) is 10.4. The van der Waals surface area contributed by atoms with Gasteiger partial charge in [-0.05, 0) is 36.9 Å². The van der Waals surface area contributed by atoms with Gasteiger partial charge in [-0.25, -0.2) is 17.9 Å². The molecule has 0 bridgehead atoms. The molecule has 0 saturated heterocycles. The summed E-state index contributed by atoms with van der Waals surface area (Å²) in [4.78, 5) is 15.6. The number of rotatable bonds is 8. The molecule has 0 saturated carbocycles. The molecule has 28 heavy (non-hydrogen) atoms. The van der Waals surface area contributed by atoms with Crippen molar-refractivity contribution in [3.8, 4) is 0 Å². The molecule has 0 aliphatic carbocycles. The predicted octanol–water partition coefficient (Wildman–Crippen LogP) is 2.82. The van der Waals surface area contributed by atoms with E-state index in [2.05, 4.69) is 33.9 Å². The van der Waals surface area contributed by atoms with Crippen LogP contribution in [0.5, 0.6) is 0 Å². The van der Waals surface area contributed by atoms with Crippen molar-refractivity contribution in [3.05, 3.63) is 51.9 Å². The number of thiophene rings is 1. The minimum absolute atomic E-state index is 0.0809. The largest absolute Gasteiger partial charge is 0.465 e. The van der Waals surface area contributed by atoms with Crippen LogP contribution >= 0.6 is 11.3 Å². The van der Waals surface area contributed by atoms with Crippen LogP contribution in [-0.4, -0.2) is 46.0 Å². The first kappa shape index (κ1) is 21.0. The van der Waals surface area contributed by atoms with Crippen LogP contribution in [-0.2, 0) is 34.1 Å². The molecule has 1 N–H and O–H groups in total. The van der Waals surface area contributed by atoms with Crippen LogP contribution in [0.2, 0.25) is 0 Å². The van der Waals surface area contributed by atoms with E-state index in [1.54, 1.807) is 6.92 Å². The van der Waals surface area contributed by atoms with E-state index in [9.17, 15) is 13.2 Å². The third-order valence-electron chi connectivity index (χ3n) is 4.85. The number of sulfonamides is 1. The van der Waals surface area contributed by atoms with Gasteiger partial charge in [0, 0.05) is 24.5 Å². The standard InChI is InChI=1S/C20H26N2O4S2/c1-3-21-28(24,25)20-18(19(23)26-2)16-11-13-22(14-17(16)27-20)12-7-10-15-8-5-4-6-9-15/h4-6,8-9,21H,3,7,10-14H2,1-2H3. The summed E-state index contributed by atoms with van der Waals surface area (Å²) in [5, 5.41) is 0. The van der Waals surface area contributed by atoms with Crippen molar-refractivity contribution in [2.75, 3.05) is 26.7 Å². The Bertz CT molecular complexity index is 923. The second-order valence-corrected chi connectivity index (χ2v) is 9.84. The first-order valence-corrected chi connectivity index (χ1v) is 11.7. The first-order valence-electron chi connectivity index (χ1n) is 9.45. The van der Waals surface area contributed by atoms with Crippen LogP contribution in [0.1, 0.15) is 39.7 Å². The Morgan fingerprint density at radius 1 is 1.29 bits per heavy atom. The average Bonchev–Trinajstić information content (AvgIpc) is 3.08. The number of hydrogen-bond donors (Lipinski definition) is 1. The SMILES string of the molecule is CCNS(=O)(=O)c1sc2c(c1C(=O)OC)CCN(CCCc1ccccc1)C2. The van der Waals surface area contributed by atoms with Gasteiger partial charge in [-0.3, -0.25) is 4.90 Å². The number of methoxy groups -OCH3 is 1. The van der Waals surface area contributed by atoms with E-state index in [0.29, 0.717) is 13.0 Å². The highest BCUT2D eigenvalue weighted by atomic mass is 32.2. The molecule has 0 spiro atoms. The molecule has 8 heteroatoms. The molecule has 0 radical (unpaired) electrons. The van der Waals surface area contributed by atoms with E-state index in [0.717, 1.165) is 36.4 Å². The summed E-state index contributed by atoms with van der Waals surface area (Å²) < 4.78 is 32.6. The summed E-state index contributed by atoms with van der Waals surface area (Å²) in [5.74, 6) is -0.577. The van der Waals surface area contributed by atoms with Gasteiger partial charge in [0.25, 0.3) is 10.0 Å². The zero-order chi connectivity index (χ0) is 20.1. The van der Waals surface area contributed by atoms with Crippen molar-refractivity contribution < 1.29 is 17.9 Å². The van der Waals surface area contributed by atoms with Gasteiger partial charge in [0.2, 0.25) is 0 Å². The molecule has 152 valence electrons. The summed E-state index contributed by atoms with van der Waals surface area (Å²) >= 11 is 1.19. The Morgan fingerprint density at radius 2 is 2.04 bits per heavy atom. The van der Waals surface area contributed by atoms with Gasteiger partial charge in [0.05, 0.1) is 12.7 Å². The molecule has 2 aromatic rings. The van der Waals surface area contributed by atoms with Gasteiger partial charge in [-0.1, -0.05) is 37.3 Å². The number of esters is 1. The Labute approximate surface area is 170 Å². The third-order valence-corrected chi connectivity index (χ3v) is 8.13. The highest BCUT2D eigenvalue weighted by molar-refractivity contribution is 7.91. The fourth-order valence-corrected chi connectivity index (χ4v) is 6.54. The molecule has 0 amide bonds. The van der Waals surface area contributed by atoms with E-state index < -0.39 is 16.0 Å². The number of ether oxygens (including phenoxy) is 1. The van der Waals surface area contributed by atoms with E-state index in [1.807, 2.05) is 6.07 Å². The molecular weight excluding hydrogens is 396 g/mol. The number of benzene rings is 1. The highest BCUT2D eigenvalue weighted by Crippen LogP contribution is 2.36. The summed E-state index contributed by atoms with van der Waals surface area (Å²) in [6.07, 6.45) is 2.71. The second-order valence-electron chi connectivity index (χ2n) is 6.77. The number of fused-ring (bicyclic) bond motifs is 1. The second kappa shape index (κ2) is 9.17. The minimum Gasteiger partial charge on any atom is -0.465 e. The zero-order valence-electron chi connectivity index (χ0n) is 16.2. The van der Waals surface area contributed by atoms with Crippen LogP contribution < -0.4 is 4.72 Å². The first-order chi connectivity index (χ1) is 13.5. The minimum atomic E-state index is -3.71. The van der Waals surface area contributed by atoms with Gasteiger partial charge < -0.3 is 4.74 Å². The summed E-state index contributed by atoms with van der Waals surface area (Å²) in [5.41, 5.74) is 2.36. The lowest BCUT2D eigenvalue weighted by molar-refractivity contribution is 0.0595. The molecule has 0 atom stereocenters. The molecule has 0 fully saturated rings. The average molecular weight is 423 g/mol. The number of aryl methyl sites for hydroxylation is 1. The number of nitrogens with one attached hydrogen (secondary N) is 1. The number of hydrogen-bond acceptors (Lipinski definition) is 6. The Balaban J connectivity index is 1.75. The van der Waals surface area contributed by atoms with Crippen LogP contribution in [0.3, 0.4) is 0 Å². The van der Waals surface area contributed by atoms with Crippen molar-refractivity contribution in [1.82, 2.24) is 9.62 Å². The lowest BCUT2D eigenvalue weighted by atomic mass is 10.0. The Morgan fingerprint density at radius 3 is 2.71 bits per heavy atom. The lowest BCUT2D eigenvalue weighted by Gasteiger charge is -2.27. The molecule has 2 heterocycles. The molecule has 1 aliphatic heterocycles. The van der Waals surface area contributed by atoms with Crippen molar-refractivity contribution in [1.29, 1.82) is 0 Å². The fraction of sp³-hybridized carbons (Fsp3) is 0.450. The van der Waals surface area contributed by atoms with Crippen molar-refractivity contribution >= 4 is 27.3 Å². The van der Waals surface area contributed by atoms with E-state index in [-0.39, 0.29) is 16.3 Å². The maximum Gasteiger partial charge on any atom is 0.340 e. The van der Waals surface area contributed by atoms with Crippen molar-refractivity contribution in [3.63, 3.8) is 0 Å². The molecule has 0 unspecified atom stereocenters. The molecule has 1 aliphatic rings. The van der Waals surface area contributed by atoms with Gasteiger partial charge in [-0.15, -0.1) is 11.3 Å². The van der Waals surface area contributed by atoms with Gasteiger partial charge in [-0.2, -0.15) is 0 Å². The Hall–Kier alpha value is -1.74. The number of nitrogens with zero attached hydrogens (tertiary/aromatic N) is 1. The monoisotopic (exact) mass is 422 g/mol. The third kappa shape index (κ3) is 4.63. The summed E-state index contributed by atoms with van der Waals surface area (Å²) in [6.45, 7) is 4.41. The topological polar surface area (TPSA) is 75.7 Å². The zero-order valence-corrected chi connectivity index (χ0v) is 17.9. The fourth-order valence-electron chi connectivity index (χ4n) is 3.53. The van der Waals surface area contributed by atoms with E-state index >= 15 is 0 Å². The van der Waals surface area contributed by atoms with E-state index in [1.165, 1.54) is 24.0 Å². The van der Waals surface area contributed by atoms with Crippen LogP contribution in [0.4, 0.5) is 0 Å². The number of carbonyl (C=O) groups is 1. The maximum atomic E-state index is 12.6. The van der Waals surface area contributed by atoms with Crippen molar-refractivity contribution in [2.45, 2.75) is 36.9 Å². The molecule has 6 nitrogen and oxygen atoms in total. The molecular formula is C20H26N2O4S2. The lowest BCUT2D eigenvalue weighted by Crippen LogP contribution is -2.31. The van der Waals surface area contributed by atoms with E-state index in [4.69, 9.17) is 4.74 Å². The van der Waals surface area contributed by atoms with Gasteiger partial charge >= 0.3 is 5.97 Å². The normalized spacial score (nSPS) is 14.6. The maximum absolute atomic E-state index is 12.6. The predicted molar refractivity (Wildman–Crippen MR) is 110 cm³/mol. The smallest absolute Gasteiger partial charge is 0.340 e.